The maximum absolute atomic E-state index is 12.6. The van der Waals surface area contributed by atoms with Gasteiger partial charge in [0.05, 0.1) is 12.0 Å². The molecule has 0 aromatic carbocycles. The zero-order chi connectivity index (χ0) is 16.2. The summed E-state index contributed by atoms with van der Waals surface area (Å²) in [5.74, 6) is 0.162. The van der Waals surface area contributed by atoms with E-state index < -0.39 is 0 Å². The second kappa shape index (κ2) is 7.40. The van der Waals surface area contributed by atoms with Gasteiger partial charge < -0.3 is 10.2 Å². The van der Waals surface area contributed by atoms with E-state index >= 15 is 0 Å². The number of hydrogen-bond donors (Lipinski definition) is 1. The summed E-state index contributed by atoms with van der Waals surface area (Å²) in [5, 5.41) is 5.38. The van der Waals surface area contributed by atoms with E-state index in [-0.39, 0.29) is 23.8 Å². The van der Waals surface area contributed by atoms with Crippen molar-refractivity contribution in [3.8, 4) is 0 Å². The van der Waals surface area contributed by atoms with Crippen molar-refractivity contribution in [2.24, 2.45) is 5.92 Å². The minimum atomic E-state index is -0.136. The minimum absolute atomic E-state index is 0.0190. The van der Waals surface area contributed by atoms with Crippen LogP contribution in [-0.2, 0) is 9.59 Å². The molecule has 0 radical (unpaired) electrons. The second-order valence-corrected chi connectivity index (χ2v) is 7.26. The maximum atomic E-state index is 12.6. The number of anilines is 1. The van der Waals surface area contributed by atoms with Crippen LogP contribution in [0.1, 0.15) is 32.6 Å². The molecule has 126 valence electrons. The summed E-state index contributed by atoms with van der Waals surface area (Å²) in [4.78, 5) is 33.2. The molecule has 2 fully saturated rings. The number of likely N-dealkylation sites (tertiary alicyclic amines) is 2. The van der Waals surface area contributed by atoms with Crippen molar-refractivity contribution in [1.29, 1.82) is 0 Å². The molecule has 23 heavy (non-hydrogen) atoms. The molecule has 2 atom stereocenters. The van der Waals surface area contributed by atoms with Crippen LogP contribution in [0.25, 0.3) is 0 Å². The average Bonchev–Trinajstić information content (AvgIpc) is 3.27. The third-order valence-electron chi connectivity index (χ3n) is 4.81. The highest BCUT2D eigenvalue weighted by molar-refractivity contribution is 7.13. The standard InChI is InChI=1S/C16H24N4O2S/c1-12(15(22)19-7-2-3-8-19)20-9-4-5-13(11-20)14(21)18-16-17-6-10-23-16/h6,10,12-13H,2-5,7-9,11H2,1H3,(H,17,18,21)/t12-,13-/m1/s1. The first kappa shape index (κ1) is 16.4. The molecule has 2 aliphatic rings. The number of thiazole rings is 1. The van der Waals surface area contributed by atoms with Gasteiger partial charge in [0.2, 0.25) is 11.8 Å². The number of carbonyl (C=O) groups is 2. The predicted octanol–water partition coefficient (Wildman–Crippen LogP) is 1.80. The van der Waals surface area contributed by atoms with Gasteiger partial charge in [-0.25, -0.2) is 4.98 Å². The molecule has 3 rings (SSSR count). The number of hydrogen-bond acceptors (Lipinski definition) is 5. The van der Waals surface area contributed by atoms with E-state index in [1.165, 1.54) is 11.3 Å². The molecule has 3 heterocycles. The van der Waals surface area contributed by atoms with Crippen LogP contribution in [0.5, 0.6) is 0 Å². The van der Waals surface area contributed by atoms with Gasteiger partial charge in [0.15, 0.2) is 5.13 Å². The first-order chi connectivity index (χ1) is 11.1. The largest absolute Gasteiger partial charge is 0.341 e. The van der Waals surface area contributed by atoms with Gasteiger partial charge in [-0.1, -0.05) is 0 Å². The molecule has 1 aromatic rings. The van der Waals surface area contributed by atoms with Crippen molar-refractivity contribution >= 4 is 28.3 Å². The smallest absolute Gasteiger partial charge is 0.239 e. The Bertz CT molecular complexity index is 542. The van der Waals surface area contributed by atoms with Gasteiger partial charge in [0, 0.05) is 31.2 Å². The number of nitrogens with one attached hydrogen (secondary N) is 1. The van der Waals surface area contributed by atoms with Gasteiger partial charge in [0.25, 0.3) is 0 Å². The quantitative estimate of drug-likeness (QED) is 0.911. The highest BCUT2D eigenvalue weighted by atomic mass is 32.1. The van der Waals surface area contributed by atoms with Crippen molar-refractivity contribution in [2.75, 3.05) is 31.5 Å². The lowest BCUT2D eigenvalue weighted by molar-refractivity contribution is -0.137. The van der Waals surface area contributed by atoms with E-state index in [2.05, 4.69) is 15.2 Å². The van der Waals surface area contributed by atoms with Gasteiger partial charge >= 0.3 is 0 Å². The Hall–Kier alpha value is -1.47. The van der Waals surface area contributed by atoms with Gasteiger partial charge in [-0.3, -0.25) is 14.5 Å². The molecular weight excluding hydrogens is 312 g/mol. The first-order valence-corrected chi connectivity index (χ1v) is 9.26. The molecule has 0 aliphatic carbocycles. The van der Waals surface area contributed by atoms with Crippen molar-refractivity contribution in [1.82, 2.24) is 14.8 Å². The Morgan fingerprint density at radius 2 is 2.09 bits per heavy atom. The third kappa shape index (κ3) is 3.90. The van der Waals surface area contributed by atoms with Crippen LogP contribution in [-0.4, -0.2) is 58.8 Å². The Kier molecular flexibility index (Phi) is 5.27. The number of rotatable bonds is 4. The minimum Gasteiger partial charge on any atom is -0.341 e. The molecule has 0 saturated carbocycles. The molecule has 2 amide bonds. The van der Waals surface area contributed by atoms with Crippen LogP contribution in [0.3, 0.4) is 0 Å². The SMILES string of the molecule is C[C@H](C(=O)N1CCCC1)N1CCC[C@@H](C(=O)Nc2nccs2)C1. The Morgan fingerprint density at radius 1 is 1.30 bits per heavy atom. The molecule has 1 N–H and O–H groups in total. The third-order valence-corrected chi connectivity index (χ3v) is 5.50. The van der Waals surface area contributed by atoms with Crippen molar-refractivity contribution in [2.45, 2.75) is 38.6 Å². The van der Waals surface area contributed by atoms with Gasteiger partial charge in [0.1, 0.15) is 0 Å². The van der Waals surface area contributed by atoms with E-state index in [0.29, 0.717) is 11.7 Å². The number of nitrogens with zero attached hydrogens (tertiary/aromatic N) is 3. The van der Waals surface area contributed by atoms with Crippen LogP contribution in [0.15, 0.2) is 11.6 Å². The summed E-state index contributed by atoms with van der Waals surface area (Å²) in [6, 6.07) is -0.136. The summed E-state index contributed by atoms with van der Waals surface area (Å²) in [7, 11) is 0. The summed E-state index contributed by atoms with van der Waals surface area (Å²) < 4.78 is 0. The van der Waals surface area contributed by atoms with Crippen molar-refractivity contribution in [3.63, 3.8) is 0 Å². The molecule has 1 aromatic heterocycles. The molecule has 0 unspecified atom stereocenters. The fourth-order valence-electron chi connectivity index (χ4n) is 3.42. The molecule has 2 saturated heterocycles. The molecule has 0 bridgehead atoms. The molecular formula is C16H24N4O2S. The normalized spacial score (nSPS) is 23.7. The van der Waals surface area contributed by atoms with Gasteiger partial charge in [-0.2, -0.15) is 0 Å². The lowest BCUT2D eigenvalue weighted by atomic mass is 9.96. The van der Waals surface area contributed by atoms with Gasteiger partial charge in [-0.15, -0.1) is 11.3 Å². The molecule has 6 nitrogen and oxygen atoms in total. The van der Waals surface area contributed by atoms with Gasteiger partial charge in [-0.05, 0) is 39.2 Å². The highest BCUT2D eigenvalue weighted by Crippen LogP contribution is 2.22. The first-order valence-electron chi connectivity index (χ1n) is 8.38. The summed E-state index contributed by atoms with van der Waals surface area (Å²) in [6.45, 7) is 5.28. The fraction of sp³-hybridized carbons (Fsp3) is 0.688. The number of carbonyl (C=O) groups excluding carboxylic acids is 2. The zero-order valence-electron chi connectivity index (χ0n) is 13.5. The van der Waals surface area contributed by atoms with Crippen LogP contribution in [0.4, 0.5) is 5.13 Å². The lowest BCUT2D eigenvalue weighted by Crippen LogP contribution is -2.51. The summed E-state index contributed by atoms with van der Waals surface area (Å²) in [5.41, 5.74) is 0. The Labute approximate surface area is 140 Å². The Balaban J connectivity index is 1.56. The number of aromatic nitrogens is 1. The van der Waals surface area contributed by atoms with E-state index in [9.17, 15) is 9.59 Å². The van der Waals surface area contributed by atoms with Crippen LogP contribution in [0.2, 0.25) is 0 Å². The zero-order valence-corrected chi connectivity index (χ0v) is 14.3. The molecule has 7 heteroatoms. The fourth-order valence-corrected chi connectivity index (χ4v) is 3.95. The van der Waals surface area contributed by atoms with E-state index in [0.717, 1.165) is 45.3 Å². The summed E-state index contributed by atoms with van der Waals surface area (Å²) >= 11 is 1.43. The lowest BCUT2D eigenvalue weighted by Gasteiger charge is -2.36. The molecule has 2 aliphatic heterocycles. The number of piperidine rings is 1. The van der Waals surface area contributed by atoms with Crippen molar-refractivity contribution < 1.29 is 9.59 Å². The van der Waals surface area contributed by atoms with E-state index in [4.69, 9.17) is 0 Å². The highest BCUT2D eigenvalue weighted by Gasteiger charge is 2.33. The second-order valence-electron chi connectivity index (χ2n) is 6.37. The average molecular weight is 336 g/mol. The predicted molar refractivity (Wildman–Crippen MR) is 90.3 cm³/mol. The van der Waals surface area contributed by atoms with Crippen LogP contribution < -0.4 is 5.32 Å². The van der Waals surface area contributed by atoms with Crippen LogP contribution >= 0.6 is 11.3 Å². The Morgan fingerprint density at radius 3 is 2.78 bits per heavy atom. The van der Waals surface area contributed by atoms with E-state index in [1.54, 1.807) is 6.20 Å². The summed E-state index contributed by atoms with van der Waals surface area (Å²) in [6.07, 6.45) is 5.73. The van der Waals surface area contributed by atoms with E-state index in [1.807, 2.05) is 17.2 Å². The van der Waals surface area contributed by atoms with Crippen molar-refractivity contribution in [3.05, 3.63) is 11.6 Å². The maximum Gasteiger partial charge on any atom is 0.239 e. The topological polar surface area (TPSA) is 65.5 Å². The number of amides is 2. The monoisotopic (exact) mass is 336 g/mol. The molecule has 0 spiro atoms. The van der Waals surface area contributed by atoms with Crippen LogP contribution in [0, 0.1) is 5.92 Å².